The van der Waals surface area contributed by atoms with Crippen molar-refractivity contribution >= 4 is 0 Å². The maximum atomic E-state index is 10.5. The Morgan fingerprint density at radius 2 is 1.94 bits per heavy atom. The third-order valence-corrected chi connectivity index (χ3v) is 3.77. The average Bonchev–Trinajstić information content (AvgIpc) is 2.32. The molecule has 0 saturated carbocycles. The van der Waals surface area contributed by atoms with Crippen molar-refractivity contribution in [2.45, 2.75) is 19.1 Å². The van der Waals surface area contributed by atoms with Gasteiger partial charge in [0.2, 0.25) is 0 Å². The standard InChI is InChI=1S/C14H22N2O/c1-11-6-4-5-7-12(11)14(17)13-10-15(2)8-9-16(13)3/h4-7,13-14,17H,8-10H2,1-3H3. The molecule has 0 radical (unpaired) electrons. The molecule has 0 aliphatic carbocycles. The predicted molar refractivity (Wildman–Crippen MR) is 70.1 cm³/mol. The van der Waals surface area contributed by atoms with Gasteiger partial charge in [-0.3, -0.25) is 4.90 Å². The van der Waals surface area contributed by atoms with E-state index in [4.69, 9.17) is 0 Å². The van der Waals surface area contributed by atoms with Crippen LogP contribution in [0.1, 0.15) is 17.2 Å². The maximum Gasteiger partial charge on any atom is 0.0960 e. The monoisotopic (exact) mass is 234 g/mol. The molecule has 2 rings (SSSR count). The van der Waals surface area contributed by atoms with Crippen molar-refractivity contribution in [1.82, 2.24) is 9.80 Å². The lowest BCUT2D eigenvalue weighted by molar-refractivity contribution is 0.0135. The van der Waals surface area contributed by atoms with Gasteiger partial charge in [-0.2, -0.15) is 0 Å². The second-order valence-corrected chi connectivity index (χ2v) is 5.11. The number of hydrogen-bond acceptors (Lipinski definition) is 3. The van der Waals surface area contributed by atoms with E-state index < -0.39 is 6.10 Å². The van der Waals surface area contributed by atoms with E-state index in [2.05, 4.69) is 36.9 Å². The second-order valence-electron chi connectivity index (χ2n) is 5.11. The van der Waals surface area contributed by atoms with Crippen LogP contribution in [0.25, 0.3) is 0 Å². The van der Waals surface area contributed by atoms with Gasteiger partial charge in [0.05, 0.1) is 12.1 Å². The highest BCUT2D eigenvalue weighted by Crippen LogP contribution is 2.25. The van der Waals surface area contributed by atoms with Crippen LogP contribution >= 0.6 is 0 Å². The Hall–Kier alpha value is -0.900. The fourth-order valence-electron chi connectivity index (χ4n) is 2.51. The number of likely N-dealkylation sites (N-methyl/N-ethyl adjacent to an activating group) is 2. The average molecular weight is 234 g/mol. The van der Waals surface area contributed by atoms with E-state index in [0.717, 1.165) is 25.2 Å². The van der Waals surface area contributed by atoms with Gasteiger partial charge in [-0.15, -0.1) is 0 Å². The predicted octanol–water partition coefficient (Wildman–Crippen LogP) is 1.27. The fraction of sp³-hybridized carbons (Fsp3) is 0.571. The summed E-state index contributed by atoms with van der Waals surface area (Å²) in [6.45, 7) is 5.08. The molecule has 3 heteroatoms. The molecule has 1 aromatic rings. The number of piperazine rings is 1. The minimum Gasteiger partial charge on any atom is -0.387 e. The lowest BCUT2D eigenvalue weighted by Crippen LogP contribution is -2.52. The molecular weight excluding hydrogens is 212 g/mol. The molecule has 1 fully saturated rings. The summed E-state index contributed by atoms with van der Waals surface area (Å²) >= 11 is 0. The van der Waals surface area contributed by atoms with Crippen LogP contribution in [0.4, 0.5) is 0 Å². The van der Waals surface area contributed by atoms with Crippen molar-refractivity contribution in [1.29, 1.82) is 0 Å². The Labute approximate surface area is 104 Å². The van der Waals surface area contributed by atoms with Crippen LogP contribution in [-0.4, -0.2) is 54.7 Å². The zero-order chi connectivity index (χ0) is 12.4. The Kier molecular flexibility index (Phi) is 3.82. The van der Waals surface area contributed by atoms with Gasteiger partial charge in [-0.1, -0.05) is 24.3 Å². The minimum atomic E-state index is -0.399. The largest absolute Gasteiger partial charge is 0.387 e. The van der Waals surface area contributed by atoms with Crippen LogP contribution in [0.2, 0.25) is 0 Å². The first-order valence-electron chi connectivity index (χ1n) is 6.22. The number of rotatable bonds is 2. The minimum absolute atomic E-state index is 0.190. The SMILES string of the molecule is Cc1ccccc1C(O)C1CN(C)CCN1C. The van der Waals surface area contributed by atoms with Crippen molar-refractivity contribution in [2.24, 2.45) is 0 Å². The number of aliphatic hydroxyl groups excluding tert-OH is 1. The molecule has 17 heavy (non-hydrogen) atoms. The van der Waals surface area contributed by atoms with E-state index >= 15 is 0 Å². The summed E-state index contributed by atoms with van der Waals surface area (Å²) in [7, 11) is 4.21. The summed E-state index contributed by atoms with van der Waals surface area (Å²) in [6, 6.07) is 8.29. The summed E-state index contributed by atoms with van der Waals surface area (Å²) < 4.78 is 0. The van der Waals surface area contributed by atoms with Gasteiger partial charge >= 0.3 is 0 Å². The van der Waals surface area contributed by atoms with Gasteiger partial charge in [0.25, 0.3) is 0 Å². The van der Waals surface area contributed by atoms with Crippen LogP contribution in [0.3, 0.4) is 0 Å². The van der Waals surface area contributed by atoms with Gasteiger partial charge in [0.15, 0.2) is 0 Å². The summed E-state index contributed by atoms with van der Waals surface area (Å²) in [5.41, 5.74) is 2.22. The highest BCUT2D eigenvalue weighted by atomic mass is 16.3. The maximum absolute atomic E-state index is 10.5. The lowest BCUT2D eigenvalue weighted by atomic mass is 9.96. The molecule has 0 amide bonds. The molecule has 0 spiro atoms. The Morgan fingerprint density at radius 1 is 1.24 bits per heavy atom. The molecule has 0 aromatic heterocycles. The number of nitrogens with zero attached hydrogens (tertiary/aromatic N) is 2. The molecule has 1 N–H and O–H groups in total. The fourth-order valence-corrected chi connectivity index (χ4v) is 2.51. The number of aliphatic hydroxyl groups is 1. The van der Waals surface area contributed by atoms with Crippen LogP contribution in [0, 0.1) is 6.92 Å². The van der Waals surface area contributed by atoms with E-state index in [0.29, 0.717) is 0 Å². The van der Waals surface area contributed by atoms with E-state index in [1.54, 1.807) is 0 Å². The summed E-state index contributed by atoms with van der Waals surface area (Å²) in [6.07, 6.45) is -0.399. The molecule has 3 nitrogen and oxygen atoms in total. The summed E-state index contributed by atoms with van der Waals surface area (Å²) in [4.78, 5) is 4.54. The summed E-state index contributed by atoms with van der Waals surface area (Å²) in [5, 5.41) is 10.5. The highest BCUT2D eigenvalue weighted by Gasteiger charge is 2.29. The first-order chi connectivity index (χ1) is 8.09. The van der Waals surface area contributed by atoms with E-state index in [9.17, 15) is 5.11 Å². The molecule has 2 atom stereocenters. The van der Waals surface area contributed by atoms with E-state index in [1.165, 1.54) is 5.56 Å². The van der Waals surface area contributed by atoms with Gasteiger partial charge in [-0.05, 0) is 32.1 Å². The molecule has 0 bridgehead atoms. The zero-order valence-electron chi connectivity index (χ0n) is 10.9. The topological polar surface area (TPSA) is 26.7 Å². The molecular formula is C14H22N2O. The Bertz CT molecular complexity index is 380. The molecule has 1 aromatic carbocycles. The van der Waals surface area contributed by atoms with Crippen molar-refractivity contribution in [3.63, 3.8) is 0 Å². The Morgan fingerprint density at radius 3 is 2.65 bits per heavy atom. The molecule has 94 valence electrons. The van der Waals surface area contributed by atoms with Crippen molar-refractivity contribution in [2.75, 3.05) is 33.7 Å². The third kappa shape index (κ3) is 2.68. The second kappa shape index (κ2) is 5.17. The molecule has 1 heterocycles. The van der Waals surface area contributed by atoms with Crippen LogP contribution < -0.4 is 0 Å². The third-order valence-electron chi connectivity index (χ3n) is 3.77. The van der Waals surface area contributed by atoms with Crippen LogP contribution in [0.5, 0.6) is 0 Å². The van der Waals surface area contributed by atoms with Gasteiger partial charge in [0, 0.05) is 19.6 Å². The smallest absolute Gasteiger partial charge is 0.0960 e. The van der Waals surface area contributed by atoms with Crippen LogP contribution in [0.15, 0.2) is 24.3 Å². The van der Waals surface area contributed by atoms with Crippen molar-refractivity contribution in [3.05, 3.63) is 35.4 Å². The molecule has 2 unspecified atom stereocenters. The Balaban J connectivity index is 2.18. The number of aryl methyl sites for hydroxylation is 1. The normalized spacial score (nSPS) is 24.8. The van der Waals surface area contributed by atoms with Gasteiger partial charge in [-0.25, -0.2) is 0 Å². The first-order valence-corrected chi connectivity index (χ1v) is 6.22. The lowest BCUT2D eigenvalue weighted by Gasteiger charge is -2.40. The first kappa shape index (κ1) is 12.6. The number of hydrogen-bond donors (Lipinski definition) is 1. The molecule has 1 saturated heterocycles. The quantitative estimate of drug-likeness (QED) is 0.835. The molecule has 1 aliphatic rings. The highest BCUT2D eigenvalue weighted by molar-refractivity contribution is 5.28. The van der Waals surface area contributed by atoms with E-state index in [1.807, 2.05) is 18.2 Å². The van der Waals surface area contributed by atoms with Gasteiger partial charge in [0.1, 0.15) is 0 Å². The van der Waals surface area contributed by atoms with E-state index in [-0.39, 0.29) is 6.04 Å². The number of benzene rings is 1. The summed E-state index contributed by atoms with van der Waals surface area (Å²) in [5.74, 6) is 0. The molecule has 1 aliphatic heterocycles. The van der Waals surface area contributed by atoms with Crippen LogP contribution in [-0.2, 0) is 0 Å². The van der Waals surface area contributed by atoms with Crippen molar-refractivity contribution < 1.29 is 5.11 Å². The van der Waals surface area contributed by atoms with Crippen molar-refractivity contribution in [3.8, 4) is 0 Å². The van der Waals surface area contributed by atoms with Gasteiger partial charge < -0.3 is 10.0 Å². The zero-order valence-corrected chi connectivity index (χ0v) is 10.9.